The quantitative estimate of drug-likeness (QED) is 0.289. The number of carbonyl (C=O) groups is 1. The summed E-state index contributed by atoms with van der Waals surface area (Å²) in [5.41, 5.74) is 5.82. The lowest BCUT2D eigenvalue weighted by atomic mass is 10.1. The average Bonchev–Trinajstić information content (AvgIpc) is 2.95. The van der Waals surface area contributed by atoms with E-state index in [2.05, 4.69) is 10.3 Å². The summed E-state index contributed by atoms with van der Waals surface area (Å²) in [5, 5.41) is 8.79. The summed E-state index contributed by atoms with van der Waals surface area (Å²) in [6.07, 6.45) is 1.02. The first-order valence-electron chi connectivity index (χ1n) is 7.10. The predicted molar refractivity (Wildman–Crippen MR) is 99.3 cm³/mol. The molecule has 0 saturated carbocycles. The third-order valence-electron chi connectivity index (χ3n) is 3.17. The second-order valence-corrected chi connectivity index (χ2v) is 6.58. The molecule has 0 atom stereocenters. The molecule has 1 aromatic heterocycles. The van der Waals surface area contributed by atoms with Crippen molar-refractivity contribution in [2.45, 2.75) is 18.7 Å². The van der Waals surface area contributed by atoms with Crippen molar-refractivity contribution in [2.24, 2.45) is 5.14 Å². The molecule has 1 aromatic carbocycles. The molecule has 1 heterocycles. The van der Waals surface area contributed by atoms with Crippen LogP contribution in [-0.2, 0) is 0 Å². The van der Waals surface area contributed by atoms with Crippen molar-refractivity contribution in [3.05, 3.63) is 52.4 Å². The van der Waals surface area contributed by atoms with Gasteiger partial charge in [0, 0.05) is 10.6 Å². The molecule has 0 spiro atoms. The highest BCUT2D eigenvalue weighted by Crippen LogP contribution is 2.32. The minimum atomic E-state index is -0.942. The molecule has 0 fully saturated rings. The number of carbonyl (C=O) groups excluding carboxylic acids is 1. The first kappa shape index (κ1) is 19.1. The molecule has 0 unspecified atom stereocenters. The molecule has 132 valence electrons. The number of Topliss-reactive ketones (excluding diaryl/α,β-unsaturated/α-hetero) is 1. The van der Waals surface area contributed by atoms with E-state index in [9.17, 15) is 13.6 Å². The Morgan fingerprint density at radius 2 is 1.96 bits per heavy atom. The number of rotatable bonds is 6. The highest BCUT2D eigenvalue weighted by Gasteiger charge is 2.25. The number of halogens is 2. The number of allylic oxidation sites excluding steroid dienone is 4. The number of hydrogen-bond acceptors (Lipinski definition) is 7. The summed E-state index contributed by atoms with van der Waals surface area (Å²) >= 11 is 2.04. The lowest BCUT2D eigenvalue weighted by Crippen LogP contribution is -2.06. The van der Waals surface area contributed by atoms with Gasteiger partial charge in [-0.05, 0) is 50.1 Å². The van der Waals surface area contributed by atoms with Crippen molar-refractivity contribution in [3.63, 3.8) is 0 Å². The number of anilines is 3. The second kappa shape index (κ2) is 8.24. The van der Waals surface area contributed by atoms with Gasteiger partial charge in [0.25, 0.3) is 0 Å². The van der Waals surface area contributed by atoms with E-state index in [0.29, 0.717) is 10.8 Å². The third-order valence-corrected chi connectivity index (χ3v) is 4.69. The van der Waals surface area contributed by atoms with E-state index in [4.69, 9.17) is 10.9 Å². The number of benzene rings is 1. The maximum atomic E-state index is 13.8. The molecule has 0 saturated heterocycles. The van der Waals surface area contributed by atoms with Crippen molar-refractivity contribution in [1.29, 1.82) is 0 Å². The monoisotopic (exact) mass is 382 g/mol. The lowest BCUT2D eigenvalue weighted by molar-refractivity contribution is 0.103. The van der Waals surface area contributed by atoms with Crippen molar-refractivity contribution in [2.75, 3.05) is 11.1 Å². The molecule has 0 aliphatic heterocycles. The van der Waals surface area contributed by atoms with Crippen LogP contribution in [0, 0.1) is 0 Å². The third kappa shape index (κ3) is 4.44. The number of nitrogens with one attached hydrogen (secondary N) is 1. The summed E-state index contributed by atoms with van der Waals surface area (Å²) in [4.78, 5) is 17.3. The van der Waals surface area contributed by atoms with E-state index in [1.54, 1.807) is 12.1 Å². The van der Waals surface area contributed by atoms with Crippen LogP contribution in [0.2, 0.25) is 0 Å². The minimum absolute atomic E-state index is 0.0272. The van der Waals surface area contributed by atoms with E-state index in [1.165, 1.54) is 6.92 Å². The second-order valence-electron chi connectivity index (χ2n) is 4.87. The number of nitrogens with two attached hydrogens (primary N) is 2. The van der Waals surface area contributed by atoms with Gasteiger partial charge in [-0.1, -0.05) is 17.4 Å². The Morgan fingerprint density at radius 3 is 2.48 bits per heavy atom. The molecule has 2 rings (SSSR count). The van der Waals surface area contributed by atoms with E-state index >= 15 is 0 Å². The Morgan fingerprint density at radius 1 is 1.32 bits per heavy atom. The van der Waals surface area contributed by atoms with Gasteiger partial charge in [-0.15, -0.1) is 0 Å². The summed E-state index contributed by atoms with van der Waals surface area (Å²) < 4.78 is 27.4. The fourth-order valence-corrected chi connectivity index (χ4v) is 3.12. The summed E-state index contributed by atoms with van der Waals surface area (Å²) in [6, 6.07) is 7.19. The first-order valence-corrected chi connectivity index (χ1v) is 8.80. The molecule has 0 amide bonds. The van der Waals surface area contributed by atoms with Crippen LogP contribution in [0.1, 0.15) is 23.5 Å². The van der Waals surface area contributed by atoms with E-state index in [1.807, 2.05) is 12.1 Å². The zero-order chi connectivity index (χ0) is 18.6. The van der Waals surface area contributed by atoms with Gasteiger partial charge in [0.05, 0.1) is 5.57 Å². The van der Waals surface area contributed by atoms with E-state index < -0.39 is 23.0 Å². The molecular formula is C16H16F2N4OS2. The Balaban J connectivity index is 2.29. The minimum Gasteiger partial charge on any atom is -0.382 e. The zero-order valence-corrected chi connectivity index (χ0v) is 15.1. The van der Waals surface area contributed by atoms with Crippen molar-refractivity contribution >= 4 is 45.7 Å². The lowest BCUT2D eigenvalue weighted by Gasteiger charge is -2.03. The maximum Gasteiger partial charge on any atom is 0.212 e. The number of aromatic nitrogens is 1. The smallest absolute Gasteiger partial charge is 0.212 e. The van der Waals surface area contributed by atoms with Crippen LogP contribution in [0.4, 0.5) is 25.4 Å². The van der Waals surface area contributed by atoms with Crippen LogP contribution >= 0.6 is 23.3 Å². The average molecular weight is 382 g/mol. The van der Waals surface area contributed by atoms with Gasteiger partial charge in [-0.25, -0.2) is 13.8 Å². The Hall–Kier alpha value is -2.23. The molecule has 2 aromatic rings. The van der Waals surface area contributed by atoms with E-state index in [-0.39, 0.29) is 10.7 Å². The zero-order valence-electron chi connectivity index (χ0n) is 13.5. The van der Waals surface area contributed by atoms with Gasteiger partial charge in [0.15, 0.2) is 5.13 Å². The highest BCUT2D eigenvalue weighted by molar-refractivity contribution is 7.97. The molecule has 0 bridgehead atoms. The SMILES string of the molecule is C/C=C(F)\C(C(=O)c1sc(Nc2ccc(SN)cc2)nc1N)=C(/C)F. The molecule has 9 heteroatoms. The molecule has 5 nitrogen and oxygen atoms in total. The van der Waals surface area contributed by atoms with Crippen molar-refractivity contribution < 1.29 is 13.6 Å². The molecule has 0 aliphatic carbocycles. The van der Waals surface area contributed by atoms with Crippen LogP contribution in [0.15, 0.2) is 52.5 Å². The summed E-state index contributed by atoms with van der Waals surface area (Å²) in [5.74, 6) is -2.79. The molecule has 0 radical (unpaired) electrons. The van der Waals surface area contributed by atoms with Crippen LogP contribution in [0.3, 0.4) is 0 Å². The number of nitrogen functional groups attached to an aromatic ring is 1. The molecule has 5 N–H and O–H groups in total. The van der Waals surface area contributed by atoms with E-state index in [0.717, 1.165) is 41.2 Å². The van der Waals surface area contributed by atoms with Crippen LogP contribution in [-0.4, -0.2) is 10.8 Å². The van der Waals surface area contributed by atoms with Gasteiger partial charge >= 0.3 is 0 Å². The topological polar surface area (TPSA) is 94.0 Å². The summed E-state index contributed by atoms with van der Waals surface area (Å²) in [6.45, 7) is 2.39. The van der Waals surface area contributed by atoms with Gasteiger partial charge in [0.2, 0.25) is 5.78 Å². The van der Waals surface area contributed by atoms with Gasteiger partial charge in [-0.3, -0.25) is 9.93 Å². The normalized spacial score (nSPS) is 12.8. The molecule has 0 aliphatic rings. The fourth-order valence-electron chi connectivity index (χ4n) is 1.98. The number of nitrogens with zero attached hydrogens (tertiary/aromatic N) is 1. The first-order chi connectivity index (χ1) is 11.9. The summed E-state index contributed by atoms with van der Waals surface area (Å²) in [7, 11) is 0. The number of hydrogen-bond donors (Lipinski definition) is 3. The Labute approximate surface area is 152 Å². The number of ketones is 1. The van der Waals surface area contributed by atoms with Crippen LogP contribution in [0.25, 0.3) is 0 Å². The largest absolute Gasteiger partial charge is 0.382 e. The highest BCUT2D eigenvalue weighted by atomic mass is 32.2. The van der Waals surface area contributed by atoms with Gasteiger partial charge in [0.1, 0.15) is 22.3 Å². The van der Waals surface area contributed by atoms with Gasteiger partial charge < -0.3 is 11.1 Å². The predicted octanol–water partition coefficient (Wildman–Crippen LogP) is 4.73. The van der Waals surface area contributed by atoms with Gasteiger partial charge in [-0.2, -0.15) is 0 Å². The van der Waals surface area contributed by atoms with Crippen LogP contribution in [0.5, 0.6) is 0 Å². The van der Waals surface area contributed by atoms with Crippen molar-refractivity contribution in [3.8, 4) is 0 Å². The Kier molecular flexibility index (Phi) is 6.29. The van der Waals surface area contributed by atoms with Crippen molar-refractivity contribution in [1.82, 2.24) is 4.98 Å². The maximum absolute atomic E-state index is 13.8. The Bertz CT molecular complexity index is 840. The fraction of sp³-hybridized carbons (Fsp3) is 0.125. The molecule has 25 heavy (non-hydrogen) atoms. The number of thiazole rings is 1. The standard InChI is InChI=1S/C16H16F2N4OS2/c1-3-11(18)12(8(2)17)13(23)14-15(19)22-16(24-14)21-9-4-6-10(25-20)7-5-9/h3-7H,19-20H2,1-2H3,(H,21,22)/b11-3+,12-8-. The van der Waals surface area contributed by atoms with Crippen LogP contribution < -0.4 is 16.2 Å². The molecular weight excluding hydrogens is 366 g/mol.